The lowest BCUT2D eigenvalue weighted by Crippen LogP contribution is -2.13. The summed E-state index contributed by atoms with van der Waals surface area (Å²) < 4.78 is 22.0. The normalized spacial score (nSPS) is 12.0. The molecule has 16 nitrogen and oxygen atoms in total. The first-order valence-corrected chi connectivity index (χ1v) is 18.8. The highest BCUT2D eigenvalue weighted by Gasteiger charge is 2.23. The fraction of sp³-hybridized carbons (Fsp3) is 0.350. The molecule has 6 rings (SSSR count). The second-order valence-electron chi connectivity index (χ2n) is 13.1. The Balaban J connectivity index is 0.000000221. The van der Waals surface area contributed by atoms with Crippen LogP contribution in [0.1, 0.15) is 70.8 Å². The number of hydrogen-bond acceptors (Lipinski definition) is 14. The summed E-state index contributed by atoms with van der Waals surface area (Å²) in [6.07, 6.45) is 13.1. The zero-order chi connectivity index (χ0) is 41.9. The van der Waals surface area contributed by atoms with Gasteiger partial charge < -0.3 is 18.9 Å². The summed E-state index contributed by atoms with van der Waals surface area (Å²) in [5.41, 5.74) is 6.17. The Morgan fingerprint density at radius 2 is 0.948 bits per heavy atom. The van der Waals surface area contributed by atoms with Crippen LogP contribution < -0.4 is 9.47 Å². The van der Waals surface area contributed by atoms with E-state index in [1.807, 2.05) is 27.7 Å². The second-order valence-corrected chi connectivity index (χ2v) is 13.9. The van der Waals surface area contributed by atoms with Gasteiger partial charge in [-0.2, -0.15) is 20.4 Å². The van der Waals surface area contributed by atoms with Crippen molar-refractivity contribution in [3.63, 3.8) is 0 Å². The van der Waals surface area contributed by atoms with Gasteiger partial charge in [0.25, 0.3) is 0 Å². The first-order chi connectivity index (χ1) is 27.9. The Labute approximate surface area is 345 Å². The van der Waals surface area contributed by atoms with Crippen molar-refractivity contribution in [3.8, 4) is 23.1 Å². The molecule has 0 saturated heterocycles. The number of nitrogens with zero attached hydrogens (tertiary/aromatic N) is 10. The molecule has 0 fully saturated rings. The monoisotopic (exact) mass is 830 g/mol. The van der Waals surface area contributed by atoms with E-state index in [1.54, 1.807) is 65.4 Å². The van der Waals surface area contributed by atoms with Crippen molar-refractivity contribution in [1.82, 2.24) is 49.9 Å². The minimum atomic E-state index is -0.230. The quantitative estimate of drug-likeness (QED) is 0.108. The van der Waals surface area contributed by atoms with Crippen LogP contribution in [0.4, 0.5) is 0 Å². The van der Waals surface area contributed by atoms with Crippen molar-refractivity contribution in [2.75, 3.05) is 28.4 Å². The van der Waals surface area contributed by atoms with E-state index in [9.17, 15) is 9.59 Å². The molecule has 18 heteroatoms. The van der Waals surface area contributed by atoms with Crippen molar-refractivity contribution in [2.24, 2.45) is 0 Å². The van der Waals surface area contributed by atoms with Crippen molar-refractivity contribution < 1.29 is 28.5 Å². The number of methoxy groups -OCH3 is 4. The van der Waals surface area contributed by atoms with E-state index in [-0.39, 0.29) is 49.5 Å². The predicted octanol–water partition coefficient (Wildman–Crippen LogP) is 6.18. The van der Waals surface area contributed by atoms with Crippen molar-refractivity contribution in [2.45, 2.75) is 65.6 Å². The average Bonchev–Trinajstić information content (AvgIpc) is 3.95. The SMILES string of the molecule is COc1c(C)ncc(CC(=O)Cc2cnc(-n3nccn3)c(Cl)c2)c1[C@@H](C)OC.COc1c(C)ncc(CC(=O)Cc2cnc(-n3nccn3)c(Cl)c2)c1[C@H](C)OC. The minimum Gasteiger partial charge on any atom is -0.494 e. The first-order valence-electron chi connectivity index (χ1n) is 18.0. The van der Waals surface area contributed by atoms with Crippen LogP contribution in [-0.2, 0) is 44.7 Å². The summed E-state index contributed by atoms with van der Waals surface area (Å²) in [4.78, 5) is 45.4. The lowest BCUT2D eigenvalue weighted by Gasteiger charge is -2.19. The number of carbonyl (C=O) groups is 2. The molecule has 0 aliphatic rings. The van der Waals surface area contributed by atoms with E-state index in [2.05, 4.69) is 40.3 Å². The lowest BCUT2D eigenvalue weighted by molar-refractivity contribution is -0.118. The van der Waals surface area contributed by atoms with E-state index in [0.717, 1.165) is 33.6 Å². The molecule has 6 aromatic heterocycles. The summed E-state index contributed by atoms with van der Waals surface area (Å²) in [5, 5.41) is 16.8. The zero-order valence-corrected chi connectivity index (χ0v) is 34.9. The third-order valence-electron chi connectivity index (χ3n) is 9.15. The summed E-state index contributed by atoms with van der Waals surface area (Å²) in [5.74, 6) is 2.12. The Morgan fingerprint density at radius 1 is 0.586 bits per heavy atom. The standard InChI is InChI=1S/2C20H22ClN5O3/c2*1-12-19(29-4)18(13(2)28-3)15(11-22-12)9-16(27)7-14-8-17(21)20(23-10-14)26-24-5-6-25-26/h2*5-6,8,10-11,13H,7,9H2,1-4H3/t2*13-/m10/s1. The summed E-state index contributed by atoms with van der Waals surface area (Å²) in [6.45, 7) is 7.55. The van der Waals surface area contributed by atoms with Gasteiger partial charge in [-0.25, -0.2) is 9.97 Å². The molecule has 0 spiro atoms. The van der Waals surface area contributed by atoms with Gasteiger partial charge in [0.05, 0.1) is 72.6 Å². The van der Waals surface area contributed by atoms with Gasteiger partial charge in [-0.05, 0) is 62.1 Å². The van der Waals surface area contributed by atoms with E-state index < -0.39 is 0 Å². The van der Waals surface area contributed by atoms with E-state index >= 15 is 0 Å². The van der Waals surface area contributed by atoms with Crippen molar-refractivity contribution in [1.29, 1.82) is 0 Å². The van der Waals surface area contributed by atoms with Crippen LogP contribution in [0.15, 0.2) is 61.7 Å². The third kappa shape index (κ3) is 10.4. The molecular weight excluding hydrogens is 787 g/mol. The summed E-state index contributed by atoms with van der Waals surface area (Å²) >= 11 is 12.6. The maximum atomic E-state index is 12.7. The fourth-order valence-corrected chi connectivity index (χ4v) is 6.82. The maximum absolute atomic E-state index is 12.7. The minimum absolute atomic E-state index is 0.00471. The number of Topliss-reactive ketones (excluding diaryl/α,β-unsaturated/α-hetero) is 2. The molecule has 0 N–H and O–H groups in total. The molecule has 6 heterocycles. The molecule has 6 aromatic rings. The number of rotatable bonds is 16. The molecule has 0 radical (unpaired) electrons. The number of pyridine rings is 4. The molecule has 0 amide bonds. The number of aryl methyl sites for hydroxylation is 2. The average molecular weight is 832 g/mol. The van der Waals surface area contributed by atoms with E-state index in [0.29, 0.717) is 44.3 Å². The highest BCUT2D eigenvalue weighted by Crippen LogP contribution is 2.34. The maximum Gasteiger partial charge on any atom is 0.193 e. The molecule has 2 atom stereocenters. The fourth-order valence-electron chi connectivity index (χ4n) is 6.30. The van der Waals surface area contributed by atoms with Gasteiger partial charge in [-0.15, -0.1) is 9.59 Å². The number of carbonyl (C=O) groups excluding carboxylic acids is 2. The lowest BCUT2D eigenvalue weighted by atomic mass is 9.97. The Bertz CT molecular complexity index is 2180. The molecule has 304 valence electrons. The number of ketones is 2. The smallest absolute Gasteiger partial charge is 0.193 e. The van der Waals surface area contributed by atoms with Gasteiger partial charge in [-0.1, -0.05) is 23.2 Å². The molecule has 0 unspecified atom stereocenters. The van der Waals surface area contributed by atoms with Crippen LogP contribution in [-0.4, -0.2) is 89.9 Å². The molecule has 0 aliphatic heterocycles. The zero-order valence-electron chi connectivity index (χ0n) is 33.4. The third-order valence-corrected chi connectivity index (χ3v) is 9.70. The number of ether oxygens (including phenoxy) is 4. The topological polar surface area (TPSA) is 184 Å². The molecule has 0 saturated carbocycles. The van der Waals surface area contributed by atoms with Crippen LogP contribution in [0.3, 0.4) is 0 Å². The Kier molecular flexibility index (Phi) is 15.1. The predicted molar refractivity (Wildman–Crippen MR) is 215 cm³/mol. The van der Waals surface area contributed by atoms with Gasteiger partial charge in [0, 0.05) is 75.8 Å². The van der Waals surface area contributed by atoms with Gasteiger partial charge >= 0.3 is 0 Å². The van der Waals surface area contributed by atoms with Gasteiger partial charge in [0.2, 0.25) is 0 Å². The van der Waals surface area contributed by atoms with Crippen LogP contribution in [0.5, 0.6) is 11.5 Å². The first kappa shape index (κ1) is 43.4. The summed E-state index contributed by atoms with van der Waals surface area (Å²) in [6, 6.07) is 3.41. The Hall–Kier alpha value is -5.68. The molecule has 0 bridgehead atoms. The number of halogens is 2. The van der Waals surface area contributed by atoms with Crippen LogP contribution >= 0.6 is 23.2 Å². The summed E-state index contributed by atoms with van der Waals surface area (Å²) in [7, 11) is 6.42. The van der Waals surface area contributed by atoms with Gasteiger partial charge in [0.1, 0.15) is 23.1 Å². The molecule has 58 heavy (non-hydrogen) atoms. The molecular formula is C40H44Cl2N10O6. The van der Waals surface area contributed by atoms with Crippen molar-refractivity contribution >= 4 is 34.8 Å². The van der Waals surface area contributed by atoms with Crippen molar-refractivity contribution in [3.05, 3.63) is 117 Å². The van der Waals surface area contributed by atoms with Crippen LogP contribution in [0, 0.1) is 13.8 Å². The second kappa shape index (κ2) is 20.1. The van der Waals surface area contributed by atoms with E-state index in [1.165, 1.54) is 34.4 Å². The van der Waals surface area contributed by atoms with Crippen LogP contribution in [0.2, 0.25) is 10.0 Å². The highest BCUT2D eigenvalue weighted by molar-refractivity contribution is 6.32. The Morgan fingerprint density at radius 3 is 1.26 bits per heavy atom. The largest absolute Gasteiger partial charge is 0.494 e. The number of aromatic nitrogens is 10. The van der Waals surface area contributed by atoms with Gasteiger partial charge in [-0.3, -0.25) is 19.6 Å². The number of hydrogen-bond donors (Lipinski definition) is 0. The van der Waals surface area contributed by atoms with Crippen LogP contribution in [0.25, 0.3) is 11.6 Å². The van der Waals surface area contributed by atoms with E-state index in [4.69, 9.17) is 42.1 Å². The molecule has 0 aromatic carbocycles. The van der Waals surface area contributed by atoms with Gasteiger partial charge in [0.15, 0.2) is 11.6 Å². The highest BCUT2D eigenvalue weighted by atomic mass is 35.5. The molecule has 0 aliphatic carbocycles.